The molecule has 2 N–H and O–H groups in total. The van der Waals surface area contributed by atoms with Crippen LogP contribution in [0.5, 0.6) is 0 Å². The van der Waals surface area contributed by atoms with Crippen molar-refractivity contribution in [2.24, 2.45) is 15.8 Å². The Morgan fingerprint density at radius 2 is 2.10 bits per heavy atom. The zero-order valence-electron chi connectivity index (χ0n) is 10.6. The minimum Gasteiger partial charge on any atom is -0.383 e. The van der Waals surface area contributed by atoms with E-state index in [0.717, 1.165) is 11.8 Å². The number of ketones is 1. The number of rotatable bonds is 5. The van der Waals surface area contributed by atoms with Gasteiger partial charge < -0.3 is 5.73 Å². The highest BCUT2D eigenvalue weighted by atomic mass is 32.2. The van der Waals surface area contributed by atoms with Crippen LogP contribution in [0.3, 0.4) is 0 Å². The van der Waals surface area contributed by atoms with Gasteiger partial charge in [0.05, 0.1) is 16.9 Å². The van der Waals surface area contributed by atoms with Gasteiger partial charge in [-0.15, -0.1) is 11.8 Å². The number of carbonyl (C=O) groups is 2. The maximum atomic E-state index is 12.0. The van der Waals surface area contributed by atoms with Crippen molar-refractivity contribution >= 4 is 35.1 Å². The SMILES string of the molecule is [N-]=[N+]=Nc1ccc(C(=O)CSC2=C[N]C(=O)N=C2N)cc1. The molecule has 0 atom stereocenters. The minimum absolute atomic E-state index is 0.0616. The van der Waals surface area contributed by atoms with E-state index in [9.17, 15) is 9.59 Å². The maximum Gasteiger partial charge on any atom is 0.369 e. The Balaban J connectivity index is 1.97. The first kappa shape index (κ1) is 14.6. The van der Waals surface area contributed by atoms with Crippen molar-refractivity contribution in [1.29, 1.82) is 0 Å². The number of thioether (sulfide) groups is 1. The van der Waals surface area contributed by atoms with Crippen LogP contribution >= 0.6 is 11.8 Å². The molecular weight excluding hydrogens is 292 g/mol. The number of hydrogen-bond acceptors (Lipinski definition) is 5. The fraction of sp³-hybridized carbons (Fsp3) is 0.0833. The number of azide groups is 1. The lowest BCUT2D eigenvalue weighted by Gasteiger charge is -2.09. The summed E-state index contributed by atoms with van der Waals surface area (Å²) < 4.78 is 0. The van der Waals surface area contributed by atoms with Crippen molar-refractivity contribution in [2.45, 2.75) is 0 Å². The van der Waals surface area contributed by atoms with Crippen molar-refractivity contribution < 1.29 is 9.59 Å². The van der Waals surface area contributed by atoms with Crippen LogP contribution in [-0.4, -0.2) is 23.4 Å². The lowest BCUT2D eigenvalue weighted by Crippen LogP contribution is -2.24. The van der Waals surface area contributed by atoms with E-state index in [1.807, 2.05) is 0 Å². The third-order valence-corrected chi connectivity index (χ3v) is 3.50. The summed E-state index contributed by atoms with van der Waals surface area (Å²) >= 11 is 1.15. The zero-order valence-corrected chi connectivity index (χ0v) is 11.4. The van der Waals surface area contributed by atoms with Gasteiger partial charge in [-0.3, -0.25) is 4.79 Å². The molecule has 0 bridgehead atoms. The number of hydrogen-bond donors (Lipinski definition) is 1. The van der Waals surface area contributed by atoms with E-state index in [1.165, 1.54) is 6.20 Å². The van der Waals surface area contributed by atoms with Gasteiger partial charge in [0.15, 0.2) is 5.78 Å². The molecule has 0 saturated carbocycles. The Bertz CT molecular complexity index is 688. The van der Waals surface area contributed by atoms with Gasteiger partial charge in [-0.2, -0.15) is 10.3 Å². The Kier molecular flexibility index (Phi) is 4.60. The molecule has 0 spiro atoms. The average molecular weight is 301 g/mol. The third kappa shape index (κ3) is 3.85. The van der Waals surface area contributed by atoms with Crippen LogP contribution in [0.2, 0.25) is 0 Å². The molecule has 0 aromatic heterocycles. The predicted molar refractivity (Wildman–Crippen MR) is 79.3 cm³/mol. The summed E-state index contributed by atoms with van der Waals surface area (Å²) in [5.41, 5.74) is 14.8. The van der Waals surface area contributed by atoms with Crippen molar-refractivity contribution in [3.8, 4) is 0 Å². The van der Waals surface area contributed by atoms with Gasteiger partial charge in [-0.05, 0) is 5.53 Å². The molecule has 1 radical (unpaired) electrons. The summed E-state index contributed by atoms with van der Waals surface area (Å²) in [4.78, 5) is 29.5. The van der Waals surface area contributed by atoms with Gasteiger partial charge >= 0.3 is 6.03 Å². The highest BCUT2D eigenvalue weighted by Gasteiger charge is 2.15. The Hall–Kier alpha value is -2.77. The van der Waals surface area contributed by atoms with Crippen LogP contribution in [0.25, 0.3) is 10.4 Å². The number of urea groups is 1. The standard InChI is InChI=1S/C12H9N6O2S/c13-11-10(5-15-12(20)16-11)21-6-9(19)7-1-3-8(4-2-7)17-18-14/h1-5H,6H2,(H2,13,16,20). The normalized spacial score (nSPS) is 13.6. The number of aliphatic imine (C=N–C) groups is 1. The largest absolute Gasteiger partial charge is 0.383 e. The van der Waals surface area contributed by atoms with E-state index in [2.05, 4.69) is 20.3 Å². The lowest BCUT2D eigenvalue weighted by molar-refractivity contribution is 0.102. The summed E-state index contributed by atoms with van der Waals surface area (Å²) in [5.74, 6) is 0.0664. The molecular formula is C12H9N6O2S. The molecule has 2 rings (SSSR count). The van der Waals surface area contributed by atoms with Crippen LogP contribution in [0.15, 0.2) is 45.5 Å². The first-order valence-electron chi connectivity index (χ1n) is 5.71. The van der Waals surface area contributed by atoms with Crippen molar-refractivity contribution in [1.82, 2.24) is 5.32 Å². The molecule has 0 saturated heterocycles. The smallest absolute Gasteiger partial charge is 0.369 e. The monoisotopic (exact) mass is 301 g/mol. The van der Waals surface area contributed by atoms with E-state index < -0.39 is 6.03 Å². The van der Waals surface area contributed by atoms with E-state index >= 15 is 0 Å². The second-order valence-corrected chi connectivity index (χ2v) is 4.87. The average Bonchev–Trinajstić information content (AvgIpc) is 2.47. The van der Waals surface area contributed by atoms with Gasteiger partial charge in [0.25, 0.3) is 0 Å². The van der Waals surface area contributed by atoms with E-state index in [1.54, 1.807) is 24.3 Å². The summed E-state index contributed by atoms with van der Waals surface area (Å²) in [6, 6.07) is 5.61. The Labute approximate surface area is 123 Å². The molecule has 0 fully saturated rings. The quantitative estimate of drug-likeness (QED) is 0.386. The molecule has 105 valence electrons. The van der Waals surface area contributed by atoms with Gasteiger partial charge in [0.1, 0.15) is 5.84 Å². The molecule has 8 nitrogen and oxygen atoms in total. The summed E-state index contributed by atoms with van der Waals surface area (Å²) in [6.45, 7) is 0. The highest BCUT2D eigenvalue weighted by Crippen LogP contribution is 2.20. The predicted octanol–water partition coefficient (Wildman–Crippen LogP) is 2.48. The summed E-state index contributed by atoms with van der Waals surface area (Å²) in [5, 5.41) is 6.92. The number of amides is 2. The van der Waals surface area contributed by atoms with E-state index in [0.29, 0.717) is 16.2 Å². The number of nitrogens with zero attached hydrogens (tertiary/aromatic N) is 5. The molecule has 2 amide bonds. The number of nitrogens with two attached hydrogens (primary N) is 1. The molecule has 21 heavy (non-hydrogen) atoms. The third-order valence-electron chi connectivity index (χ3n) is 2.47. The van der Waals surface area contributed by atoms with Gasteiger partial charge in [0.2, 0.25) is 0 Å². The van der Waals surface area contributed by atoms with Gasteiger partial charge in [-0.1, -0.05) is 29.4 Å². The topological polar surface area (TPSA) is 135 Å². The Morgan fingerprint density at radius 1 is 1.38 bits per heavy atom. The zero-order chi connectivity index (χ0) is 15.2. The number of benzene rings is 1. The van der Waals surface area contributed by atoms with E-state index in [-0.39, 0.29) is 17.4 Å². The summed E-state index contributed by atoms with van der Waals surface area (Å²) in [7, 11) is 0. The van der Waals surface area contributed by atoms with Crippen LogP contribution < -0.4 is 11.1 Å². The molecule has 1 aromatic carbocycles. The minimum atomic E-state index is -0.656. The van der Waals surface area contributed by atoms with Gasteiger partial charge in [-0.25, -0.2) is 4.79 Å². The first-order chi connectivity index (χ1) is 10.1. The molecule has 1 aliphatic rings. The van der Waals surface area contributed by atoms with Gasteiger partial charge in [0, 0.05) is 16.2 Å². The second-order valence-electron chi connectivity index (χ2n) is 3.85. The maximum absolute atomic E-state index is 12.0. The highest BCUT2D eigenvalue weighted by molar-refractivity contribution is 8.04. The summed E-state index contributed by atoms with van der Waals surface area (Å²) in [6.07, 6.45) is 1.30. The fourth-order valence-corrected chi connectivity index (χ4v) is 2.24. The van der Waals surface area contributed by atoms with Crippen LogP contribution in [0, 0.1) is 0 Å². The molecule has 1 aromatic rings. The molecule has 9 heteroatoms. The molecule has 1 aliphatic heterocycles. The number of Topliss-reactive ketones (excluding diaryl/α,β-unsaturated/α-hetero) is 1. The fourth-order valence-electron chi connectivity index (χ4n) is 1.47. The first-order valence-corrected chi connectivity index (χ1v) is 6.69. The lowest BCUT2D eigenvalue weighted by atomic mass is 10.1. The number of carbonyl (C=O) groups excluding carboxylic acids is 2. The van der Waals surface area contributed by atoms with Crippen LogP contribution in [0.1, 0.15) is 10.4 Å². The number of amidine groups is 1. The van der Waals surface area contributed by atoms with E-state index in [4.69, 9.17) is 11.3 Å². The second kappa shape index (κ2) is 6.60. The van der Waals surface area contributed by atoms with Crippen LogP contribution in [-0.2, 0) is 0 Å². The molecule has 1 heterocycles. The Morgan fingerprint density at radius 3 is 2.71 bits per heavy atom. The van der Waals surface area contributed by atoms with Crippen LogP contribution in [0.4, 0.5) is 10.5 Å². The van der Waals surface area contributed by atoms with Crippen molar-refractivity contribution in [2.75, 3.05) is 5.75 Å². The van der Waals surface area contributed by atoms with Crippen molar-refractivity contribution in [3.05, 3.63) is 51.4 Å². The molecule has 0 unspecified atom stereocenters. The van der Waals surface area contributed by atoms with Crippen molar-refractivity contribution in [3.63, 3.8) is 0 Å². The molecule has 0 aliphatic carbocycles.